The molecule has 0 saturated heterocycles. The van der Waals surface area contributed by atoms with Gasteiger partial charge in [0.25, 0.3) is 0 Å². The Balaban J connectivity index is 1.77. The van der Waals surface area contributed by atoms with Gasteiger partial charge in [0.15, 0.2) is 0 Å². The lowest BCUT2D eigenvalue weighted by molar-refractivity contribution is 0.751. The SMILES string of the molecule is CN(C)c1ccc(Nc2nccn2C2CC2)cc1. The molecule has 0 amide bonds. The van der Waals surface area contributed by atoms with E-state index in [2.05, 4.69) is 44.0 Å². The average molecular weight is 242 g/mol. The summed E-state index contributed by atoms with van der Waals surface area (Å²) in [5, 5.41) is 3.37. The Hall–Kier alpha value is -1.97. The highest BCUT2D eigenvalue weighted by atomic mass is 15.2. The van der Waals surface area contributed by atoms with Crippen molar-refractivity contribution in [3.63, 3.8) is 0 Å². The van der Waals surface area contributed by atoms with E-state index < -0.39 is 0 Å². The van der Waals surface area contributed by atoms with Crippen molar-refractivity contribution in [2.75, 3.05) is 24.3 Å². The molecule has 18 heavy (non-hydrogen) atoms. The molecule has 2 aromatic rings. The maximum absolute atomic E-state index is 4.37. The third-order valence-electron chi connectivity index (χ3n) is 3.25. The van der Waals surface area contributed by atoms with E-state index in [4.69, 9.17) is 0 Å². The fourth-order valence-electron chi connectivity index (χ4n) is 2.03. The van der Waals surface area contributed by atoms with Gasteiger partial charge in [-0.3, -0.25) is 0 Å². The van der Waals surface area contributed by atoms with Gasteiger partial charge in [-0.25, -0.2) is 4.98 Å². The van der Waals surface area contributed by atoms with Crippen LogP contribution in [0.5, 0.6) is 0 Å². The zero-order valence-electron chi connectivity index (χ0n) is 10.8. The first-order chi connectivity index (χ1) is 8.74. The number of benzene rings is 1. The van der Waals surface area contributed by atoms with Crippen molar-refractivity contribution in [1.82, 2.24) is 9.55 Å². The lowest BCUT2D eigenvalue weighted by Crippen LogP contribution is -2.08. The first-order valence-electron chi connectivity index (χ1n) is 6.31. The van der Waals surface area contributed by atoms with Crippen LogP contribution in [0.25, 0.3) is 0 Å². The molecule has 1 fully saturated rings. The highest BCUT2D eigenvalue weighted by molar-refractivity contribution is 5.59. The van der Waals surface area contributed by atoms with Crippen LogP contribution < -0.4 is 10.2 Å². The molecule has 3 rings (SSSR count). The molecule has 0 spiro atoms. The first-order valence-corrected chi connectivity index (χ1v) is 6.31. The van der Waals surface area contributed by atoms with Crippen molar-refractivity contribution >= 4 is 17.3 Å². The Bertz CT molecular complexity index is 523. The van der Waals surface area contributed by atoms with E-state index in [9.17, 15) is 0 Å². The molecule has 1 heterocycles. The number of nitrogens with zero attached hydrogens (tertiary/aromatic N) is 3. The summed E-state index contributed by atoms with van der Waals surface area (Å²) in [7, 11) is 4.09. The van der Waals surface area contributed by atoms with Crippen LogP contribution in [0.4, 0.5) is 17.3 Å². The molecule has 0 unspecified atom stereocenters. The van der Waals surface area contributed by atoms with E-state index in [0.717, 1.165) is 11.6 Å². The van der Waals surface area contributed by atoms with Gasteiger partial charge in [-0.05, 0) is 37.1 Å². The topological polar surface area (TPSA) is 33.1 Å². The molecule has 1 aromatic carbocycles. The van der Waals surface area contributed by atoms with E-state index in [0.29, 0.717) is 6.04 Å². The van der Waals surface area contributed by atoms with Crippen LogP contribution in [0, 0.1) is 0 Å². The lowest BCUT2D eigenvalue weighted by Gasteiger charge is -2.13. The Labute approximate surface area is 107 Å². The van der Waals surface area contributed by atoms with Crippen LogP contribution in [-0.4, -0.2) is 23.6 Å². The van der Waals surface area contributed by atoms with Gasteiger partial charge < -0.3 is 14.8 Å². The fraction of sp³-hybridized carbons (Fsp3) is 0.357. The Morgan fingerprint density at radius 3 is 2.56 bits per heavy atom. The molecular weight excluding hydrogens is 224 g/mol. The minimum Gasteiger partial charge on any atom is -0.378 e. The summed E-state index contributed by atoms with van der Waals surface area (Å²) in [6.07, 6.45) is 6.44. The van der Waals surface area contributed by atoms with Crippen LogP contribution in [0.2, 0.25) is 0 Å². The number of anilines is 3. The summed E-state index contributed by atoms with van der Waals surface area (Å²) in [6.45, 7) is 0. The predicted octanol–water partition coefficient (Wildman–Crippen LogP) is 3.03. The molecule has 0 bridgehead atoms. The molecular formula is C14H18N4. The highest BCUT2D eigenvalue weighted by Gasteiger charge is 2.25. The van der Waals surface area contributed by atoms with Gasteiger partial charge in [0, 0.05) is 43.9 Å². The largest absolute Gasteiger partial charge is 0.378 e. The van der Waals surface area contributed by atoms with Crippen LogP contribution in [0.1, 0.15) is 18.9 Å². The van der Waals surface area contributed by atoms with Gasteiger partial charge in [0.05, 0.1) is 0 Å². The van der Waals surface area contributed by atoms with Crippen molar-refractivity contribution in [3.05, 3.63) is 36.7 Å². The van der Waals surface area contributed by atoms with Crippen LogP contribution in [0.3, 0.4) is 0 Å². The monoisotopic (exact) mass is 242 g/mol. The second-order valence-corrected chi connectivity index (χ2v) is 4.96. The third-order valence-corrected chi connectivity index (χ3v) is 3.25. The molecule has 1 aromatic heterocycles. The van der Waals surface area contributed by atoms with Crippen molar-refractivity contribution in [1.29, 1.82) is 0 Å². The maximum atomic E-state index is 4.37. The summed E-state index contributed by atoms with van der Waals surface area (Å²) in [5.41, 5.74) is 2.28. The van der Waals surface area contributed by atoms with Crippen LogP contribution in [-0.2, 0) is 0 Å². The predicted molar refractivity (Wildman–Crippen MR) is 74.5 cm³/mol. The molecule has 0 aliphatic heterocycles. The van der Waals surface area contributed by atoms with E-state index in [-0.39, 0.29) is 0 Å². The standard InChI is InChI=1S/C14H18N4/c1-17(2)12-5-3-11(4-6-12)16-14-15-9-10-18(14)13-7-8-13/h3-6,9-10,13H,7-8H2,1-2H3,(H,15,16). The van der Waals surface area contributed by atoms with Crippen LogP contribution >= 0.6 is 0 Å². The molecule has 1 saturated carbocycles. The summed E-state index contributed by atoms with van der Waals surface area (Å²) >= 11 is 0. The zero-order chi connectivity index (χ0) is 12.5. The molecule has 0 atom stereocenters. The van der Waals surface area contributed by atoms with E-state index >= 15 is 0 Å². The first kappa shape index (κ1) is 11.1. The van der Waals surface area contributed by atoms with Gasteiger partial charge in [0.2, 0.25) is 5.95 Å². The fourth-order valence-corrected chi connectivity index (χ4v) is 2.03. The van der Waals surface area contributed by atoms with Gasteiger partial charge in [-0.1, -0.05) is 0 Å². The molecule has 1 aliphatic carbocycles. The Morgan fingerprint density at radius 2 is 1.94 bits per heavy atom. The zero-order valence-corrected chi connectivity index (χ0v) is 10.8. The van der Waals surface area contributed by atoms with Crippen molar-refractivity contribution in [2.45, 2.75) is 18.9 Å². The van der Waals surface area contributed by atoms with Crippen molar-refractivity contribution in [3.8, 4) is 0 Å². The third kappa shape index (κ3) is 2.18. The molecule has 4 heteroatoms. The number of imidazole rings is 1. The van der Waals surface area contributed by atoms with Crippen LogP contribution in [0.15, 0.2) is 36.7 Å². The minimum atomic E-state index is 0.649. The molecule has 0 radical (unpaired) electrons. The van der Waals surface area contributed by atoms with Gasteiger partial charge in [-0.2, -0.15) is 0 Å². The molecule has 4 nitrogen and oxygen atoms in total. The quantitative estimate of drug-likeness (QED) is 0.894. The number of hydrogen-bond acceptors (Lipinski definition) is 3. The summed E-state index contributed by atoms with van der Waals surface area (Å²) in [4.78, 5) is 6.46. The summed E-state index contributed by atoms with van der Waals surface area (Å²) in [5.74, 6) is 0.940. The Kier molecular flexibility index (Phi) is 2.70. The van der Waals surface area contributed by atoms with Gasteiger partial charge in [-0.15, -0.1) is 0 Å². The number of nitrogens with one attached hydrogen (secondary N) is 1. The van der Waals surface area contributed by atoms with E-state index in [1.165, 1.54) is 18.5 Å². The van der Waals surface area contributed by atoms with Crippen molar-refractivity contribution in [2.24, 2.45) is 0 Å². The number of rotatable bonds is 4. The second-order valence-electron chi connectivity index (χ2n) is 4.96. The minimum absolute atomic E-state index is 0.649. The number of aromatic nitrogens is 2. The van der Waals surface area contributed by atoms with Crippen molar-refractivity contribution < 1.29 is 0 Å². The normalized spacial score (nSPS) is 14.6. The molecule has 1 aliphatic rings. The van der Waals surface area contributed by atoms with E-state index in [1.54, 1.807) is 0 Å². The Morgan fingerprint density at radius 1 is 1.22 bits per heavy atom. The van der Waals surface area contributed by atoms with Gasteiger partial charge >= 0.3 is 0 Å². The summed E-state index contributed by atoms with van der Waals surface area (Å²) in [6, 6.07) is 9.03. The molecule has 1 N–H and O–H groups in total. The van der Waals surface area contributed by atoms with E-state index in [1.807, 2.05) is 26.5 Å². The smallest absolute Gasteiger partial charge is 0.207 e. The number of hydrogen-bond donors (Lipinski definition) is 1. The van der Waals surface area contributed by atoms with Gasteiger partial charge in [0.1, 0.15) is 0 Å². The average Bonchev–Trinajstić information content (AvgIpc) is 3.11. The lowest BCUT2D eigenvalue weighted by atomic mass is 10.2. The second kappa shape index (κ2) is 4.37. The molecule has 94 valence electrons. The maximum Gasteiger partial charge on any atom is 0.207 e. The highest BCUT2D eigenvalue weighted by Crippen LogP contribution is 2.37. The summed E-state index contributed by atoms with van der Waals surface area (Å²) < 4.78 is 2.22.